The Kier molecular flexibility index (Phi) is 6.25. The van der Waals surface area contributed by atoms with Gasteiger partial charge in [-0.1, -0.05) is 55.8 Å². The van der Waals surface area contributed by atoms with Gasteiger partial charge in [-0.3, -0.25) is 0 Å². The van der Waals surface area contributed by atoms with Gasteiger partial charge in [-0.2, -0.15) is 0 Å². The second-order valence-electron chi connectivity index (χ2n) is 5.54. The first-order valence-corrected chi connectivity index (χ1v) is 7.82. The maximum Gasteiger partial charge on any atom is 0.151 e. The van der Waals surface area contributed by atoms with Crippen LogP contribution in [-0.2, 0) is 0 Å². The van der Waals surface area contributed by atoms with Gasteiger partial charge >= 0.3 is 0 Å². The van der Waals surface area contributed by atoms with Crippen molar-refractivity contribution in [1.29, 1.82) is 0 Å². The lowest BCUT2D eigenvalue weighted by Gasteiger charge is -2.26. The standard InChI is InChI=1S/C18H22ClNO2/c1-13(2)20-12-17(21)18(14-7-6-8-15(19)11-14)22-16-9-4-3-5-10-16/h3-11,13,17-18,20-21H,12H2,1-2H3. The van der Waals surface area contributed by atoms with Crippen LogP contribution in [0.4, 0.5) is 0 Å². The van der Waals surface area contributed by atoms with Gasteiger partial charge in [0.25, 0.3) is 0 Å². The van der Waals surface area contributed by atoms with Crippen molar-refractivity contribution in [3.8, 4) is 5.75 Å². The van der Waals surface area contributed by atoms with Gasteiger partial charge in [0.05, 0.1) is 0 Å². The number of halogens is 1. The Morgan fingerprint density at radius 1 is 1.09 bits per heavy atom. The fraction of sp³-hybridized carbons (Fsp3) is 0.333. The number of aliphatic hydroxyl groups is 1. The summed E-state index contributed by atoms with van der Waals surface area (Å²) >= 11 is 6.07. The Morgan fingerprint density at radius 2 is 1.82 bits per heavy atom. The number of ether oxygens (including phenoxy) is 1. The number of para-hydroxylation sites is 1. The molecule has 2 aromatic carbocycles. The van der Waals surface area contributed by atoms with Crippen LogP contribution < -0.4 is 10.1 Å². The Hall–Kier alpha value is -1.55. The van der Waals surface area contributed by atoms with Crippen LogP contribution in [0.2, 0.25) is 5.02 Å². The van der Waals surface area contributed by atoms with Gasteiger partial charge < -0.3 is 15.2 Å². The van der Waals surface area contributed by atoms with Crippen molar-refractivity contribution in [3.05, 3.63) is 65.2 Å². The highest BCUT2D eigenvalue weighted by Crippen LogP contribution is 2.26. The van der Waals surface area contributed by atoms with E-state index in [9.17, 15) is 5.11 Å². The van der Waals surface area contributed by atoms with Crippen LogP contribution in [0.25, 0.3) is 0 Å². The van der Waals surface area contributed by atoms with E-state index in [0.717, 1.165) is 11.3 Å². The average Bonchev–Trinajstić information content (AvgIpc) is 2.51. The molecule has 4 heteroatoms. The van der Waals surface area contributed by atoms with E-state index in [1.165, 1.54) is 0 Å². The predicted molar refractivity (Wildman–Crippen MR) is 90.4 cm³/mol. The summed E-state index contributed by atoms with van der Waals surface area (Å²) in [4.78, 5) is 0. The zero-order chi connectivity index (χ0) is 15.9. The molecule has 0 aliphatic rings. The molecular weight excluding hydrogens is 298 g/mol. The maximum absolute atomic E-state index is 10.5. The molecule has 0 spiro atoms. The van der Waals surface area contributed by atoms with Crippen molar-refractivity contribution in [2.45, 2.75) is 32.1 Å². The fourth-order valence-corrected chi connectivity index (χ4v) is 2.36. The Bertz CT molecular complexity index is 574. The smallest absolute Gasteiger partial charge is 0.151 e. The third-order valence-corrected chi connectivity index (χ3v) is 3.50. The lowest BCUT2D eigenvalue weighted by atomic mass is 10.0. The zero-order valence-corrected chi connectivity index (χ0v) is 13.6. The Labute approximate surface area is 136 Å². The van der Waals surface area contributed by atoms with Gasteiger partial charge in [-0.25, -0.2) is 0 Å². The van der Waals surface area contributed by atoms with Crippen LogP contribution in [0.3, 0.4) is 0 Å². The van der Waals surface area contributed by atoms with E-state index in [-0.39, 0.29) is 0 Å². The van der Waals surface area contributed by atoms with Gasteiger partial charge in [0, 0.05) is 17.6 Å². The van der Waals surface area contributed by atoms with E-state index >= 15 is 0 Å². The van der Waals surface area contributed by atoms with E-state index in [1.807, 2.05) is 68.4 Å². The van der Waals surface area contributed by atoms with Crippen molar-refractivity contribution < 1.29 is 9.84 Å². The van der Waals surface area contributed by atoms with Crippen LogP contribution in [0.5, 0.6) is 5.75 Å². The highest BCUT2D eigenvalue weighted by atomic mass is 35.5. The van der Waals surface area contributed by atoms with E-state index in [0.29, 0.717) is 17.6 Å². The van der Waals surface area contributed by atoms with Crippen molar-refractivity contribution in [1.82, 2.24) is 5.32 Å². The largest absolute Gasteiger partial charge is 0.483 e. The van der Waals surface area contributed by atoms with E-state index < -0.39 is 12.2 Å². The molecule has 3 nitrogen and oxygen atoms in total. The zero-order valence-electron chi connectivity index (χ0n) is 12.9. The molecule has 0 aliphatic heterocycles. The van der Waals surface area contributed by atoms with Crippen LogP contribution in [0, 0.1) is 0 Å². The van der Waals surface area contributed by atoms with Crippen molar-refractivity contribution in [2.75, 3.05) is 6.54 Å². The molecular formula is C18H22ClNO2. The Morgan fingerprint density at radius 3 is 2.45 bits per heavy atom. The molecule has 0 aromatic heterocycles. The molecule has 0 heterocycles. The number of aliphatic hydroxyl groups excluding tert-OH is 1. The molecule has 0 bridgehead atoms. The van der Waals surface area contributed by atoms with Gasteiger partial charge in [0.15, 0.2) is 6.10 Å². The summed E-state index contributed by atoms with van der Waals surface area (Å²) in [6, 6.07) is 17.2. The summed E-state index contributed by atoms with van der Waals surface area (Å²) in [6.07, 6.45) is -1.16. The molecule has 0 aliphatic carbocycles. The summed E-state index contributed by atoms with van der Waals surface area (Å²) in [7, 11) is 0. The third kappa shape index (κ3) is 5.02. The minimum atomic E-state index is -0.680. The SMILES string of the molecule is CC(C)NCC(O)C(Oc1ccccc1)c1cccc(Cl)c1. The molecule has 0 radical (unpaired) electrons. The number of benzene rings is 2. The summed E-state index contributed by atoms with van der Waals surface area (Å²) < 4.78 is 6.00. The first-order valence-electron chi connectivity index (χ1n) is 7.45. The van der Waals surface area contributed by atoms with Gasteiger partial charge in [-0.15, -0.1) is 0 Å². The molecule has 22 heavy (non-hydrogen) atoms. The second-order valence-corrected chi connectivity index (χ2v) is 5.97. The van der Waals surface area contributed by atoms with Crippen molar-refractivity contribution in [2.24, 2.45) is 0 Å². The molecule has 2 aromatic rings. The average molecular weight is 320 g/mol. The normalized spacial score (nSPS) is 13.9. The molecule has 2 N–H and O–H groups in total. The molecule has 0 saturated carbocycles. The molecule has 0 amide bonds. The monoisotopic (exact) mass is 319 g/mol. The minimum Gasteiger partial charge on any atom is -0.483 e. The quantitative estimate of drug-likeness (QED) is 0.815. The number of hydrogen-bond acceptors (Lipinski definition) is 3. The maximum atomic E-state index is 10.5. The fourth-order valence-electron chi connectivity index (χ4n) is 2.16. The molecule has 0 saturated heterocycles. The molecule has 118 valence electrons. The molecule has 2 rings (SSSR count). The highest BCUT2D eigenvalue weighted by Gasteiger charge is 2.23. The minimum absolute atomic E-state index is 0.298. The van der Waals surface area contributed by atoms with E-state index in [1.54, 1.807) is 0 Å². The summed E-state index contributed by atoms with van der Waals surface area (Å²) in [5.74, 6) is 0.719. The topological polar surface area (TPSA) is 41.5 Å². The van der Waals surface area contributed by atoms with Crippen LogP contribution in [0.1, 0.15) is 25.5 Å². The summed E-state index contributed by atoms with van der Waals surface area (Å²) in [6.45, 7) is 4.53. The lowest BCUT2D eigenvalue weighted by molar-refractivity contribution is 0.0346. The third-order valence-electron chi connectivity index (χ3n) is 3.27. The van der Waals surface area contributed by atoms with E-state index in [2.05, 4.69) is 5.32 Å². The van der Waals surface area contributed by atoms with Crippen molar-refractivity contribution in [3.63, 3.8) is 0 Å². The molecule has 2 atom stereocenters. The summed E-state index contributed by atoms with van der Waals surface area (Å²) in [5.41, 5.74) is 0.856. The summed E-state index contributed by atoms with van der Waals surface area (Å²) in [5, 5.41) is 14.4. The van der Waals surface area contributed by atoms with Crippen LogP contribution >= 0.6 is 11.6 Å². The predicted octanol–water partition coefficient (Wildman–Crippen LogP) is 3.82. The molecule has 0 fully saturated rings. The Balaban J connectivity index is 2.20. The lowest BCUT2D eigenvalue weighted by Crippen LogP contribution is -2.37. The first kappa shape index (κ1) is 16.8. The van der Waals surface area contributed by atoms with Gasteiger partial charge in [-0.05, 0) is 29.8 Å². The van der Waals surface area contributed by atoms with E-state index in [4.69, 9.17) is 16.3 Å². The number of hydrogen-bond donors (Lipinski definition) is 2. The first-order chi connectivity index (χ1) is 10.6. The van der Waals surface area contributed by atoms with Crippen LogP contribution in [-0.4, -0.2) is 23.8 Å². The second kappa shape index (κ2) is 8.18. The van der Waals surface area contributed by atoms with Gasteiger partial charge in [0.1, 0.15) is 11.9 Å². The number of nitrogens with one attached hydrogen (secondary N) is 1. The molecule has 2 unspecified atom stereocenters. The highest BCUT2D eigenvalue weighted by molar-refractivity contribution is 6.30. The number of rotatable bonds is 7. The van der Waals surface area contributed by atoms with Gasteiger partial charge in [0.2, 0.25) is 0 Å². The van der Waals surface area contributed by atoms with Crippen molar-refractivity contribution >= 4 is 11.6 Å². The van der Waals surface area contributed by atoms with Crippen LogP contribution in [0.15, 0.2) is 54.6 Å².